The second-order valence-electron chi connectivity index (χ2n) is 9.54. The molecule has 0 aliphatic carbocycles. The van der Waals surface area contributed by atoms with Crippen LogP contribution in [0.1, 0.15) is 34.3 Å². The smallest absolute Gasteiger partial charge is 0.253 e. The molecule has 0 atom stereocenters. The van der Waals surface area contributed by atoms with Gasteiger partial charge >= 0.3 is 0 Å². The number of likely N-dealkylation sites (N-methyl/N-ethyl adjacent to an activating group) is 1. The third-order valence-electron chi connectivity index (χ3n) is 7.22. The molecule has 2 aliphatic rings. The van der Waals surface area contributed by atoms with Crippen LogP contribution in [0, 0.1) is 0 Å². The highest BCUT2D eigenvalue weighted by Crippen LogP contribution is 2.34. The predicted octanol–water partition coefficient (Wildman–Crippen LogP) is 4.52. The summed E-state index contributed by atoms with van der Waals surface area (Å²) in [5.41, 5.74) is 8.65. The van der Waals surface area contributed by atoms with E-state index in [1.165, 1.54) is 11.1 Å². The van der Waals surface area contributed by atoms with Crippen LogP contribution in [-0.4, -0.2) is 64.5 Å². The first-order chi connectivity index (χ1) is 17.1. The van der Waals surface area contributed by atoms with Gasteiger partial charge in [-0.25, -0.2) is 9.97 Å². The molecule has 35 heavy (non-hydrogen) atoms. The van der Waals surface area contributed by atoms with Gasteiger partial charge in [0.25, 0.3) is 5.91 Å². The Morgan fingerprint density at radius 1 is 1.06 bits per heavy atom. The lowest BCUT2D eigenvalue weighted by Crippen LogP contribution is -2.27. The van der Waals surface area contributed by atoms with Gasteiger partial charge in [0.2, 0.25) is 0 Å². The summed E-state index contributed by atoms with van der Waals surface area (Å²) in [6.45, 7) is 3.63. The highest BCUT2D eigenvalue weighted by atomic mass is 16.5. The normalized spacial score (nSPS) is 16.0. The van der Waals surface area contributed by atoms with Gasteiger partial charge < -0.3 is 19.5 Å². The molecule has 6 rings (SSSR count). The summed E-state index contributed by atoms with van der Waals surface area (Å²) in [6.07, 6.45) is 6.92. The fourth-order valence-electron chi connectivity index (χ4n) is 5.28. The van der Waals surface area contributed by atoms with Crippen LogP contribution in [0.25, 0.3) is 33.5 Å². The summed E-state index contributed by atoms with van der Waals surface area (Å²) in [4.78, 5) is 29.9. The van der Waals surface area contributed by atoms with Crippen LogP contribution >= 0.6 is 0 Å². The zero-order valence-electron chi connectivity index (χ0n) is 20.2. The van der Waals surface area contributed by atoms with Crippen molar-refractivity contribution in [3.63, 3.8) is 0 Å². The van der Waals surface area contributed by atoms with Gasteiger partial charge in [0, 0.05) is 49.1 Å². The minimum absolute atomic E-state index is 0.113. The Morgan fingerprint density at radius 3 is 2.63 bits per heavy atom. The van der Waals surface area contributed by atoms with Gasteiger partial charge in [0.05, 0.1) is 19.0 Å². The summed E-state index contributed by atoms with van der Waals surface area (Å²) >= 11 is 0. The quantitative estimate of drug-likeness (QED) is 0.478. The van der Waals surface area contributed by atoms with Crippen molar-refractivity contribution in [3.8, 4) is 28.1 Å². The number of benzene rings is 2. The van der Waals surface area contributed by atoms with Crippen LogP contribution in [-0.2, 0) is 13.0 Å². The molecule has 1 saturated heterocycles. The Balaban J connectivity index is 1.35. The lowest BCUT2D eigenvalue weighted by molar-refractivity contribution is 0.0793. The number of H-pyrrole nitrogens is 1. The van der Waals surface area contributed by atoms with Gasteiger partial charge in [-0.05, 0) is 67.3 Å². The van der Waals surface area contributed by atoms with E-state index in [1.807, 2.05) is 41.6 Å². The molecule has 1 amide bonds. The fraction of sp³-hybridized carbons (Fsp3) is 0.321. The van der Waals surface area contributed by atoms with Gasteiger partial charge in [0.15, 0.2) is 5.65 Å². The number of aromatic nitrogens is 3. The van der Waals surface area contributed by atoms with E-state index in [4.69, 9.17) is 9.72 Å². The summed E-state index contributed by atoms with van der Waals surface area (Å²) in [5, 5.41) is 0. The molecular weight excluding hydrogens is 438 g/mol. The highest BCUT2D eigenvalue weighted by Gasteiger charge is 2.21. The van der Waals surface area contributed by atoms with Crippen molar-refractivity contribution in [1.29, 1.82) is 0 Å². The van der Waals surface area contributed by atoms with E-state index in [0.717, 1.165) is 90.3 Å². The molecule has 2 aromatic heterocycles. The number of ether oxygens (including phenoxy) is 1. The van der Waals surface area contributed by atoms with E-state index < -0.39 is 0 Å². The van der Waals surface area contributed by atoms with Gasteiger partial charge in [-0.15, -0.1) is 0 Å². The molecule has 1 fully saturated rings. The summed E-state index contributed by atoms with van der Waals surface area (Å²) in [7, 11) is 3.87. The fourth-order valence-corrected chi connectivity index (χ4v) is 5.28. The van der Waals surface area contributed by atoms with Crippen LogP contribution in [0.4, 0.5) is 0 Å². The van der Waals surface area contributed by atoms with E-state index in [-0.39, 0.29) is 5.91 Å². The van der Waals surface area contributed by atoms with Crippen molar-refractivity contribution >= 4 is 17.1 Å². The predicted molar refractivity (Wildman–Crippen MR) is 136 cm³/mol. The van der Waals surface area contributed by atoms with Gasteiger partial charge in [-0.2, -0.15) is 0 Å². The molecule has 0 spiro atoms. The molecule has 1 N–H and O–H groups in total. The second kappa shape index (κ2) is 8.82. The number of likely N-dealkylation sites (tertiary alicyclic amines) is 1. The van der Waals surface area contributed by atoms with Crippen molar-refractivity contribution in [2.75, 3.05) is 33.8 Å². The van der Waals surface area contributed by atoms with Gasteiger partial charge in [-0.3, -0.25) is 4.79 Å². The van der Waals surface area contributed by atoms with E-state index in [2.05, 4.69) is 34.0 Å². The van der Waals surface area contributed by atoms with Crippen LogP contribution in [0.2, 0.25) is 0 Å². The van der Waals surface area contributed by atoms with Crippen LogP contribution in [0.5, 0.6) is 5.75 Å². The number of nitrogens with zero attached hydrogens (tertiary/aromatic N) is 4. The molecule has 2 aromatic carbocycles. The number of nitrogens with one attached hydrogen (secondary N) is 1. The molecule has 178 valence electrons. The lowest BCUT2D eigenvalue weighted by atomic mass is 9.95. The molecule has 0 bridgehead atoms. The van der Waals surface area contributed by atoms with E-state index in [9.17, 15) is 4.79 Å². The monoisotopic (exact) mass is 467 g/mol. The average molecular weight is 468 g/mol. The summed E-state index contributed by atoms with van der Waals surface area (Å²) < 4.78 is 5.74. The minimum atomic E-state index is 0.113. The SMILES string of the molecule is COc1cc(-c2cnc3[nH]cc(-c4ccc(C(=O)N5CCCC5)cc4)c3n2)cc2c1CCN(C)C2. The highest BCUT2D eigenvalue weighted by molar-refractivity contribution is 5.96. The molecule has 7 heteroatoms. The number of carbonyl (C=O) groups excluding carboxylic acids is 1. The third kappa shape index (κ3) is 3.96. The first-order valence-electron chi connectivity index (χ1n) is 12.2. The maximum Gasteiger partial charge on any atom is 0.253 e. The summed E-state index contributed by atoms with van der Waals surface area (Å²) in [6, 6.07) is 12.1. The van der Waals surface area contributed by atoms with Crippen LogP contribution in [0.15, 0.2) is 48.8 Å². The molecule has 2 aliphatic heterocycles. The van der Waals surface area contributed by atoms with Gasteiger partial charge in [0.1, 0.15) is 11.3 Å². The number of hydrogen-bond donors (Lipinski definition) is 1. The largest absolute Gasteiger partial charge is 0.496 e. The van der Waals surface area contributed by atoms with Crippen molar-refractivity contribution < 1.29 is 9.53 Å². The lowest BCUT2D eigenvalue weighted by Gasteiger charge is -2.27. The Kier molecular flexibility index (Phi) is 5.49. The summed E-state index contributed by atoms with van der Waals surface area (Å²) in [5.74, 6) is 1.03. The first-order valence-corrected chi connectivity index (χ1v) is 12.2. The molecule has 0 radical (unpaired) electrons. The molecular formula is C28H29N5O2. The molecule has 0 unspecified atom stereocenters. The zero-order valence-corrected chi connectivity index (χ0v) is 20.2. The molecule has 4 aromatic rings. The average Bonchev–Trinajstić information content (AvgIpc) is 3.57. The number of hydrogen-bond acceptors (Lipinski definition) is 5. The molecule has 0 saturated carbocycles. The first kappa shape index (κ1) is 21.8. The number of rotatable bonds is 4. The second-order valence-corrected chi connectivity index (χ2v) is 9.54. The number of amides is 1. The van der Waals surface area contributed by atoms with Crippen molar-refractivity contribution in [2.45, 2.75) is 25.8 Å². The number of fused-ring (bicyclic) bond motifs is 2. The maximum absolute atomic E-state index is 12.7. The number of aromatic amines is 1. The minimum Gasteiger partial charge on any atom is -0.496 e. The van der Waals surface area contributed by atoms with Crippen molar-refractivity contribution in [1.82, 2.24) is 24.8 Å². The molecule has 4 heterocycles. The Labute approximate surface area is 204 Å². The number of methoxy groups -OCH3 is 1. The van der Waals surface area contributed by atoms with Crippen molar-refractivity contribution in [3.05, 3.63) is 65.5 Å². The Bertz CT molecular complexity index is 1400. The zero-order chi connectivity index (χ0) is 23.9. The number of carbonyl (C=O) groups is 1. The maximum atomic E-state index is 12.7. The Morgan fingerprint density at radius 2 is 1.86 bits per heavy atom. The van der Waals surface area contributed by atoms with Crippen molar-refractivity contribution in [2.24, 2.45) is 0 Å². The standard InChI is InChI=1S/C28H29N5O2/c1-32-12-9-22-21(17-32)13-20(14-25(22)35-2)24-16-30-27-26(31-24)23(15-29-27)18-5-7-19(8-6-18)28(34)33-10-3-4-11-33/h5-8,13-16H,3-4,9-12,17H2,1-2H3,(H,29,30). The third-order valence-corrected chi connectivity index (χ3v) is 7.22. The Hall–Kier alpha value is -3.71. The topological polar surface area (TPSA) is 74.3 Å². The molecule has 7 nitrogen and oxygen atoms in total. The van der Waals surface area contributed by atoms with E-state index in [1.54, 1.807) is 7.11 Å². The van der Waals surface area contributed by atoms with Crippen LogP contribution < -0.4 is 4.74 Å². The van der Waals surface area contributed by atoms with Gasteiger partial charge in [-0.1, -0.05) is 12.1 Å². The van der Waals surface area contributed by atoms with E-state index >= 15 is 0 Å². The van der Waals surface area contributed by atoms with E-state index in [0.29, 0.717) is 0 Å². The van der Waals surface area contributed by atoms with Crippen LogP contribution in [0.3, 0.4) is 0 Å².